The van der Waals surface area contributed by atoms with Gasteiger partial charge in [0, 0.05) is 12.5 Å². The van der Waals surface area contributed by atoms with Crippen molar-refractivity contribution in [2.24, 2.45) is 0 Å². The zero-order chi connectivity index (χ0) is 14.8. The fourth-order valence-corrected chi connectivity index (χ4v) is 3.26. The summed E-state index contributed by atoms with van der Waals surface area (Å²) >= 11 is 12.1. The maximum Gasteiger partial charge on any atom is 0.228 e. The van der Waals surface area contributed by atoms with Crippen molar-refractivity contribution in [1.29, 1.82) is 0 Å². The molecule has 0 saturated carbocycles. The standard InChI is InChI=1S/C17H15Cl2NO/c18-14-7-6-12(10-15(14)19)13-8-9-20-17(21)16(13)11-4-2-1-3-5-11/h1-7,10,13,16H,8-9H2,(H,20,21)/t13-,16+/m1/s1. The number of carbonyl (C=O) groups is 1. The van der Waals surface area contributed by atoms with Crippen LogP contribution in [0.15, 0.2) is 48.5 Å². The second kappa shape index (κ2) is 6.08. The Balaban J connectivity index is 2.01. The number of hydrogen-bond acceptors (Lipinski definition) is 1. The molecule has 3 rings (SSSR count). The molecule has 1 aliphatic heterocycles. The Morgan fingerprint density at radius 1 is 0.952 bits per heavy atom. The first-order chi connectivity index (χ1) is 10.2. The fraction of sp³-hybridized carbons (Fsp3) is 0.235. The topological polar surface area (TPSA) is 29.1 Å². The van der Waals surface area contributed by atoms with Gasteiger partial charge in [0.25, 0.3) is 0 Å². The van der Waals surface area contributed by atoms with Crippen LogP contribution in [-0.2, 0) is 4.79 Å². The largest absolute Gasteiger partial charge is 0.356 e. The first kappa shape index (κ1) is 14.4. The summed E-state index contributed by atoms with van der Waals surface area (Å²) in [4.78, 5) is 12.4. The molecule has 0 spiro atoms. The van der Waals surface area contributed by atoms with Crippen molar-refractivity contribution in [3.63, 3.8) is 0 Å². The van der Waals surface area contributed by atoms with Crippen LogP contribution in [0.25, 0.3) is 0 Å². The first-order valence-electron chi connectivity index (χ1n) is 6.94. The van der Waals surface area contributed by atoms with E-state index in [0.29, 0.717) is 16.6 Å². The minimum Gasteiger partial charge on any atom is -0.356 e. The van der Waals surface area contributed by atoms with Crippen LogP contribution in [0.1, 0.15) is 29.4 Å². The van der Waals surface area contributed by atoms with Gasteiger partial charge in [-0.15, -0.1) is 0 Å². The number of nitrogens with one attached hydrogen (secondary N) is 1. The lowest BCUT2D eigenvalue weighted by Crippen LogP contribution is -2.39. The van der Waals surface area contributed by atoms with Gasteiger partial charge in [-0.3, -0.25) is 4.79 Å². The summed E-state index contributed by atoms with van der Waals surface area (Å²) in [7, 11) is 0. The summed E-state index contributed by atoms with van der Waals surface area (Å²) in [5.74, 6) is 0.0108. The van der Waals surface area contributed by atoms with Gasteiger partial charge >= 0.3 is 0 Å². The number of rotatable bonds is 2. The van der Waals surface area contributed by atoms with E-state index in [1.165, 1.54) is 0 Å². The summed E-state index contributed by atoms with van der Waals surface area (Å²) in [5.41, 5.74) is 2.10. The summed E-state index contributed by atoms with van der Waals surface area (Å²) in [6.07, 6.45) is 0.892. The molecule has 1 fully saturated rings. The molecule has 2 aromatic rings. The van der Waals surface area contributed by atoms with E-state index in [1.54, 1.807) is 6.07 Å². The van der Waals surface area contributed by atoms with Crippen LogP contribution in [0.4, 0.5) is 0 Å². The molecule has 0 aromatic heterocycles. The molecule has 1 amide bonds. The van der Waals surface area contributed by atoms with Gasteiger partial charge in [0.15, 0.2) is 0 Å². The number of piperidine rings is 1. The molecule has 21 heavy (non-hydrogen) atoms. The monoisotopic (exact) mass is 319 g/mol. The number of carbonyl (C=O) groups excluding carboxylic acids is 1. The number of benzene rings is 2. The van der Waals surface area contributed by atoms with Crippen LogP contribution in [0.5, 0.6) is 0 Å². The Kier molecular flexibility index (Phi) is 4.18. The van der Waals surface area contributed by atoms with E-state index >= 15 is 0 Å². The smallest absolute Gasteiger partial charge is 0.228 e. The Bertz CT molecular complexity index is 657. The van der Waals surface area contributed by atoms with Gasteiger partial charge in [-0.1, -0.05) is 59.6 Å². The van der Waals surface area contributed by atoms with E-state index in [4.69, 9.17) is 23.2 Å². The van der Waals surface area contributed by atoms with E-state index in [-0.39, 0.29) is 17.7 Å². The zero-order valence-corrected chi connectivity index (χ0v) is 12.9. The molecule has 2 atom stereocenters. The molecule has 1 saturated heterocycles. The Morgan fingerprint density at radius 3 is 2.43 bits per heavy atom. The van der Waals surface area contributed by atoms with Gasteiger partial charge < -0.3 is 5.32 Å². The minimum absolute atomic E-state index is 0.0727. The highest BCUT2D eigenvalue weighted by molar-refractivity contribution is 6.42. The number of hydrogen-bond donors (Lipinski definition) is 1. The zero-order valence-electron chi connectivity index (χ0n) is 11.4. The third-order valence-corrected chi connectivity index (χ3v) is 4.71. The van der Waals surface area contributed by atoms with Crippen molar-refractivity contribution in [1.82, 2.24) is 5.32 Å². The van der Waals surface area contributed by atoms with Crippen LogP contribution in [0, 0.1) is 0 Å². The van der Waals surface area contributed by atoms with Crippen molar-refractivity contribution in [3.05, 3.63) is 69.7 Å². The molecule has 2 nitrogen and oxygen atoms in total. The third kappa shape index (κ3) is 2.92. The third-order valence-electron chi connectivity index (χ3n) is 3.97. The van der Waals surface area contributed by atoms with Gasteiger partial charge in [-0.2, -0.15) is 0 Å². The van der Waals surface area contributed by atoms with Crippen molar-refractivity contribution in [3.8, 4) is 0 Å². The second-order valence-electron chi connectivity index (χ2n) is 5.25. The molecule has 1 N–H and O–H groups in total. The summed E-state index contributed by atoms with van der Waals surface area (Å²) in [5, 5.41) is 4.03. The molecule has 0 bridgehead atoms. The molecule has 0 radical (unpaired) electrons. The molecule has 1 aliphatic rings. The SMILES string of the molecule is O=C1NCC[C@H](c2ccc(Cl)c(Cl)c2)[C@@H]1c1ccccc1. The fourth-order valence-electron chi connectivity index (χ4n) is 2.96. The van der Waals surface area contributed by atoms with Crippen LogP contribution in [-0.4, -0.2) is 12.5 Å². The normalized spacial score (nSPS) is 21.9. The van der Waals surface area contributed by atoms with E-state index < -0.39 is 0 Å². The van der Waals surface area contributed by atoms with Crippen molar-refractivity contribution in [2.75, 3.05) is 6.54 Å². The van der Waals surface area contributed by atoms with Gasteiger partial charge in [0.2, 0.25) is 5.91 Å². The first-order valence-corrected chi connectivity index (χ1v) is 7.70. The molecule has 2 aromatic carbocycles. The molecule has 0 unspecified atom stereocenters. The highest BCUT2D eigenvalue weighted by atomic mass is 35.5. The molecule has 4 heteroatoms. The lowest BCUT2D eigenvalue weighted by atomic mass is 9.77. The maximum absolute atomic E-state index is 12.4. The summed E-state index contributed by atoms with van der Waals surface area (Å²) < 4.78 is 0. The van der Waals surface area contributed by atoms with Crippen molar-refractivity contribution >= 4 is 29.1 Å². The van der Waals surface area contributed by atoms with Crippen molar-refractivity contribution < 1.29 is 4.79 Å². The molecule has 108 valence electrons. The maximum atomic E-state index is 12.4. The minimum atomic E-state index is -0.183. The van der Waals surface area contributed by atoms with Crippen molar-refractivity contribution in [2.45, 2.75) is 18.3 Å². The van der Waals surface area contributed by atoms with E-state index in [2.05, 4.69) is 5.32 Å². The predicted molar refractivity (Wildman–Crippen MR) is 86.0 cm³/mol. The average molecular weight is 320 g/mol. The highest BCUT2D eigenvalue weighted by Gasteiger charge is 2.34. The van der Waals surface area contributed by atoms with Gasteiger partial charge in [0.1, 0.15) is 0 Å². The van der Waals surface area contributed by atoms with Crippen LogP contribution in [0.3, 0.4) is 0 Å². The molecule has 1 heterocycles. The Labute approximate surface area is 134 Å². The quantitative estimate of drug-likeness (QED) is 0.874. The molecular weight excluding hydrogens is 305 g/mol. The number of amides is 1. The molecule has 0 aliphatic carbocycles. The van der Waals surface area contributed by atoms with E-state index in [0.717, 1.165) is 17.5 Å². The summed E-state index contributed by atoms with van der Waals surface area (Å²) in [6, 6.07) is 15.5. The summed E-state index contributed by atoms with van der Waals surface area (Å²) in [6.45, 7) is 0.688. The van der Waals surface area contributed by atoms with E-state index in [9.17, 15) is 4.79 Å². The van der Waals surface area contributed by atoms with Crippen LogP contribution in [0.2, 0.25) is 10.0 Å². The highest BCUT2D eigenvalue weighted by Crippen LogP contribution is 2.39. The van der Waals surface area contributed by atoms with Crippen LogP contribution < -0.4 is 5.32 Å². The lowest BCUT2D eigenvalue weighted by Gasteiger charge is -2.32. The molecular formula is C17H15Cl2NO. The van der Waals surface area contributed by atoms with Gasteiger partial charge in [-0.05, 0) is 29.7 Å². The van der Waals surface area contributed by atoms with Gasteiger partial charge in [0.05, 0.1) is 16.0 Å². The number of halogens is 2. The van der Waals surface area contributed by atoms with E-state index in [1.807, 2.05) is 42.5 Å². The average Bonchev–Trinajstić information content (AvgIpc) is 2.50. The van der Waals surface area contributed by atoms with Gasteiger partial charge in [-0.25, -0.2) is 0 Å². The Morgan fingerprint density at radius 2 is 1.71 bits per heavy atom. The second-order valence-corrected chi connectivity index (χ2v) is 6.06. The lowest BCUT2D eigenvalue weighted by molar-refractivity contribution is -0.124. The Hall–Kier alpha value is -1.51. The predicted octanol–water partition coefficient (Wildman–Crippen LogP) is 4.38. The van der Waals surface area contributed by atoms with Crippen LogP contribution >= 0.6 is 23.2 Å².